The molecule has 0 radical (unpaired) electrons. The summed E-state index contributed by atoms with van der Waals surface area (Å²) in [6, 6.07) is 6.61. The summed E-state index contributed by atoms with van der Waals surface area (Å²) in [6.07, 6.45) is 5.49. The highest BCUT2D eigenvalue weighted by Gasteiger charge is 2.28. The van der Waals surface area contributed by atoms with Crippen LogP contribution in [0.4, 0.5) is 0 Å². The van der Waals surface area contributed by atoms with E-state index in [4.69, 9.17) is 0 Å². The van der Waals surface area contributed by atoms with Crippen molar-refractivity contribution in [3.8, 4) is 5.75 Å². The Bertz CT molecular complexity index is 1650. The Morgan fingerprint density at radius 2 is 1.58 bits per heavy atom. The van der Waals surface area contributed by atoms with Crippen molar-refractivity contribution in [3.05, 3.63) is 35.5 Å². The number of pyridine rings is 1. The molecular weight excluding hydrogens is 340 g/mol. The van der Waals surface area contributed by atoms with E-state index in [9.17, 15) is 5.11 Å². The van der Waals surface area contributed by atoms with Crippen molar-refractivity contribution in [3.63, 3.8) is 0 Å². The Morgan fingerprint density at radius 1 is 0.808 bits per heavy atom. The lowest BCUT2D eigenvalue weighted by Gasteiger charge is -2.20. The molecule has 4 aromatic carbocycles. The molecule has 0 aliphatic heterocycles. The average Bonchev–Trinajstić information content (AvgIpc) is 3.19. The molecule has 0 amide bonds. The predicted molar refractivity (Wildman–Crippen MR) is 109 cm³/mol. The molecule has 0 fully saturated rings. The van der Waals surface area contributed by atoms with Crippen LogP contribution in [0.1, 0.15) is 17.5 Å². The van der Waals surface area contributed by atoms with Crippen molar-refractivity contribution in [1.82, 2.24) is 9.97 Å². The maximum absolute atomic E-state index is 10.6. The van der Waals surface area contributed by atoms with Gasteiger partial charge in [0.25, 0.3) is 0 Å². The van der Waals surface area contributed by atoms with E-state index in [1.165, 1.54) is 71.2 Å². The molecule has 0 saturated heterocycles. The Labute approximate surface area is 150 Å². The van der Waals surface area contributed by atoms with Gasteiger partial charge in [0.1, 0.15) is 11.3 Å². The number of aromatic amines is 1. The van der Waals surface area contributed by atoms with E-state index < -0.39 is 0 Å². The molecule has 122 valence electrons. The molecule has 1 aliphatic carbocycles. The summed E-state index contributed by atoms with van der Waals surface area (Å²) in [5, 5.41) is 19.9. The van der Waals surface area contributed by atoms with Crippen molar-refractivity contribution in [2.24, 2.45) is 0 Å². The fourth-order valence-electron chi connectivity index (χ4n) is 5.62. The van der Waals surface area contributed by atoms with E-state index in [0.717, 1.165) is 22.8 Å². The number of nitrogens with one attached hydrogen (secondary N) is 1. The van der Waals surface area contributed by atoms with Gasteiger partial charge in [0, 0.05) is 54.8 Å². The van der Waals surface area contributed by atoms with Crippen molar-refractivity contribution >= 4 is 75.0 Å². The molecule has 0 unspecified atom stereocenters. The van der Waals surface area contributed by atoms with Crippen LogP contribution in [-0.4, -0.2) is 15.1 Å². The normalized spacial score (nSPS) is 15.4. The Kier molecular flexibility index (Phi) is 1.75. The number of rotatable bonds is 0. The number of benzene rings is 4. The van der Waals surface area contributed by atoms with Gasteiger partial charge in [0.2, 0.25) is 0 Å². The first-order valence-electron chi connectivity index (χ1n) is 9.09. The van der Waals surface area contributed by atoms with Crippen LogP contribution in [0, 0.1) is 0 Å². The van der Waals surface area contributed by atoms with Crippen LogP contribution in [-0.2, 0) is 12.8 Å². The Balaban J connectivity index is 1.93. The molecule has 3 heterocycles. The van der Waals surface area contributed by atoms with Crippen LogP contribution in [0.3, 0.4) is 0 Å². The third-order valence-corrected chi connectivity index (χ3v) is 7.57. The summed E-state index contributed by atoms with van der Waals surface area (Å²) in [5.74, 6) is 0.265. The van der Waals surface area contributed by atoms with E-state index in [1.807, 2.05) is 23.6 Å². The van der Waals surface area contributed by atoms with Gasteiger partial charge in [-0.3, -0.25) is 4.98 Å². The number of phenolic OH excluding ortho intramolecular Hbond substituents is 1. The molecule has 26 heavy (non-hydrogen) atoms. The first-order chi connectivity index (χ1) is 12.8. The Morgan fingerprint density at radius 3 is 2.50 bits per heavy atom. The lowest BCUT2D eigenvalue weighted by atomic mass is 9.83. The van der Waals surface area contributed by atoms with Crippen LogP contribution in [0.15, 0.2) is 24.4 Å². The highest BCUT2D eigenvalue weighted by molar-refractivity contribution is 7.26. The monoisotopic (exact) mass is 352 g/mol. The molecule has 0 saturated carbocycles. The highest BCUT2D eigenvalue weighted by atomic mass is 32.1. The van der Waals surface area contributed by atoms with Gasteiger partial charge >= 0.3 is 0 Å². The third kappa shape index (κ3) is 1.11. The Hall–Kier alpha value is -2.85. The fraction of sp³-hybridized carbons (Fsp3) is 0.136. The fourth-order valence-corrected chi connectivity index (χ4v) is 6.78. The molecule has 8 rings (SSSR count). The van der Waals surface area contributed by atoms with E-state index in [1.54, 1.807) is 0 Å². The summed E-state index contributed by atoms with van der Waals surface area (Å²) in [5.41, 5.74) is 5.92. The van der Waals surface area contributed by atoms with Crippen molar-refractivity contribution < 1.29 is 5.11 Å². The smallest absolute Gasteiger partial charge is 0.143 e. The number of H-pyrrole nitrogens is 1. The maximum atomic E-state index is 10.6. The predicted octanol–water partition coefficient (Wildman–Crippen LogP) is 5.90. The maximum Gasteiger partial charge on any atom is 0.143 e. The van der Waals surface area contributed by atoms with Gasteiger partial charge < -0.3 is 10.1 Å². The van der Waals surface area contributed by atoms with Gasteiger partial charge in [-0.15, -0.1) is 11.3 Å². The highest BCUT2D eigenvalue weighted by Crippen LogP contribution is 2.53. The van der Waals surface area contributed by atoms with E-state index in [0.29, 0.717) is 0 Å². The molecule has 7 aromatic rings. The van der Waals surface area contributed by atoms with E-state index in [2.05, 4.69) is 22.1 Å². The second-order valence-corrected chi connectivity index (χ2v) is 8.82. The van der Waals surface area contributed by atoms with E-state index >= 15 is 0 Å². The number of nitrogens with zero attached hydrogens (tertiary/aromatic N) is 1. The second kappa shape index (κ2) is 3.64. The topological polar surface area (TPSA) is 48.9 Å². The minimum absolute atomic E-state index is 0.265. The van der Waals surface area contributed by atoms with Crippen molar-refractivity contribution in [2.45, 2.75) is 19.3 Å². The summed E-state index contributed by atoms with van der Waals surface area (Å²) in [7, 11) is 0. The molecular formula is C22H12N2OS. The van der Waals surface area contributed by atoms with Gasteiger partial charge in [-0.1, -0.05) is 0 Å². The molecule has 3 aromatic heterocycles. The first-order valence-corrected chi connectivity index (χ1v) is 9.91. The van der Waals surface area contributed by atoms with Crippen LogP contribution < -0.4 is 0 Å². The summed E-state index contributed by atoms with van der Waals surface area (Å²) in [6.45, 7) is 0. The molecule has 3 nitrogen and oxygen atoms in total. The first kappa shape index (κ1) is 12.5. The van der Waals surface area contributed by atoms with Gasteiger partial charge in [-0.25, -0.2) is 0 Å². The zero-order valence-corrected chi connectivity index (χ0v) is 14.5. The molecule has 4 heteroatoms. The summed E-state index contributed by atoms with van der Waals surface area (Å²) >= 11 is 1.84. The average molecular weight is 352 g/mol. The lowest BCUT2D eigenvalue weighted by Crippen LogP contribution is -2.02. The molecule has 2 N–H and O–H groups in total. The minimum Gasteiger partial charge on any atom is -0.506 e. The third-order valence-electron chi connectivity index (χ3n) is 6.50. The number of hydrogen-bond donors (Lipinski definition) is 2. The largest absolute Gasteiger partial charge is 0.506 e. The minimum atomic E-state index is 0.265. The zero-order valence-electron chi connectivity index (χ0n) is 13.7. The van der Waals surface area contributed by atoms with E-state index in [-0.39, 0.29) is 5.75 Å². The van der Waals surface area contributed by atoms with Gasteiger partial charge in [-0.2, -0.15) is 0 Å². The lowest BCUT2D eigenvalue weighted by molar-refractivity contribution is 0.481. The van der Waals surface area contributed by atoms with Crippen molar-refractivity contribution in [2.75, 3.05) is 0 Å². The number of hydrogen-bond acceptors (Lipinski definition) is 3. The van der Waals surface area contributed by atoms with Crippen LogP contribution in [0.5, 0.6) is 5.75 Å². The van der Waals surface area contributed by atoms with Crippen LogP contribution >= 0.6 is 11.3 Å². The number of aromatic nitrogens is 2. The van der Waals surface area contributed by atoms with Crippen LogP contribution in [0.25, 0.3) is 63.7 Å². The summed E-state index contributed by atoms with van der Waals surface area (Å²) < 4.78 is 2.59. The van der Waals surface area contributed by atoms with Crippen molar-refractivity contribution in [1.29, 1.82) is 0 Å². The quantitative estimate of drug-likeness (QED) is 0.264. The molecule has 1 aliphatic rings. The van der Waals surface area contributed by atoms with Gasteiger partial charge in [-0.05, 0) is 47.9 Å². The second-order valence-electron chi connectivity index (χ2n) is 7.74. The standard InChI is InChI=1S/C22H12N2OS/c25-12-6-11-17-16-10(24-11)4-8-2-1-3-9-5-13-18(20(16)15(8)9)19-14(26-13)7-23-22(12)21(17)19/h4-7,24-25H,1-3H2. The molecule has 0 spiro atoms. The number of aromatic hydroxyl groups is 1. The summed E-state index contributed by atoms with van der Waals surface area (Å²) in [4.78, 5) is 8.22. The number of aryl methyl sites for hydroxylation is 2. The van der Waals surface area contributed by atoms with Crippen LogP contribution in [0.2, 0.25) is 0 Å². The number of thiophene rings is 1. The zero-order chi connectivity index (χ0) is 16.7. The van der Waals surface area contributed by atoms with Gasteiger partial charge in [0.05, 0.1) is 10.2 Å². The molecule has 0 atom stereocenters. The SMILES string of the molecule is Oc1cc2[nH]c3cc4c5c(cc6sc7cnc1c1c2c3c5c6c71)CCC4. The van der Waals surface area contributed by atoms with Gasteiger partial charge in [0.15, 0.2) is 0 Å². The number of phenols is 1. The molecule has 0 bridgehead atoms.